The van der Waals surface area contributed by atoms with E-state index in [2.05, 4.69) is 10.0 Å². The molecule has 0 aromatic heterocycles. The first-order valence-corrected chi connectivity index (χ1v) is 11.8. The predicted molar refractivity (Wildman–Crippen MR) is 128 cm³/mol. The normalized spacial score (nSPS) is 11.0. The third-order valence-electron chi connectivity index (χ3n) is 4.99. The number of amides is 1. The summed E-state index contributed by atoms with van der Waals surface area (Å²) in [4.78, 5) is 14.6. The molecule has 7 nitrogen and oxygen atoms in total. The van der Waals surface area contributed by atoms with Crippen LogP contribution in [-0.4, -0.2) is 34.5 Å². The summed E-state index contributed by atoms with van der Waals surface area (Å²) in [6.07, 6.45) is 0. The molecule has 0 saturated carbocycles. The van der Waals surface area contributed by atoms with Crippen molar-refractivity contribution in [2.24, 2.45) is 0 Å². The predicted octanol–water partition coefficient (Wildman–Crippen LogP) is 4.59. The third kappa shape index (κ3) is 5.39. The average Bonchev–Trinajstić information content (AvgIpc) is 2.81. The van der Waals surface area contributed by atoms with Crippen molar-refractivity contribution in [1.82, 2.24) is 0 Å². The number of carbonyl (C=O) groups is 1. The molecule has 0 heterocycles. The van der Waals surface area contributed by atoms with Crippen LogP contribution >= 0.6 is 0 Å². The van der Waals surface area contributed by atoms with E-state index in [-0.39, 0.29) is 10.8 Å². The van der Waals surface area contributed by atoms with E-state index in [1.54, 1.807) is 67.8 Å². The van der Waals surface area contributed by atoms with Gasteiger partial charge in [0.05, 0.1) is 12.8 Å². The monoisotopic (exact) mass is 453 g/mol. The molecule has 0 radical (unpaired) electrons. The number of methoxy groups -OCH3 is 1. The van der Waals surface area contributed by atoms with E-state index in [9.17, 15) is 13.2 Å². The number of anilines is 3. The number of carbonyl (C=O) groups excluding carboxylic acids is 1. The van der Waals surface area contributed by atoms with Gasteiger partial charge in [0.1, 0.15) is 10.6 Å². The molecule has 0 bridgehead atoms. The van der Waals surface area contributed by atoms with Crippen molar-refractivity contribution in [1.29, 1.82) is 0 Å². The molecule has 0 saturated heterocycles. The van der Waals surface area contributed by atoms with Gasteiger partial charge in [0.2, 0.25) is 0 Å². The topological polar surface area (TPSA) is 87.7 Å². The number of sulfonamides is 1. The molecule has 0 aliphatic carbocycles. The van der Waals surface area contributed by atoms with E-state index < -0.39 is 10.0 Å². The van der Waals surface area contributed by atoms with Crippen LogP contribution in [0.15, 0.2) is 77.7 Å². The Bertz CT molecular complexity index is 1160. The second-order valence-corrected chi connectivity index (χ2v) is 8.66. The van der Waals surface area contributed by atoms with Gasteiger partial charge in [0, 0.05) is 30.0 Å². The standard InChI is InChI=1S/C24H27N3O4S/c1-4-27(5-2)22-16-13-20(25-24(28)18-9-7-6-8-10-18)17-23(22)32(29,30)26-19-11-14-21(31-3)15-12-19/h6-17,26H,4-5H2,1-3H3,(H,25,28). The summed E-state index contributed by atoms with van der Waals surface area (Å²) >= 11 is 0. The smallest absolute Gasteiger partial charge is 0.264 e. The van der Waals surface area contributed by atoms with Crippen molar-refractivity contribution in [3.05, 3.63) is 78.4 Å². The van der Waals surface area contributed by atoms with E-state index in [4.69, 9.17) is 4.74 Å². The Balaban J connectivity index is 1.97. The molecular weight excluding hydrogens is 426 g/mol. The Kier molecular flexibility index (Phi) is 7.37. The van der Waals surface area contributed by atoms with Gasteiger partial charge in [-0.25, -0.2) is 8.42 Å². The van der Waals surface area contributed by atoms with Gasteiger partial charge in [-0.1, -0.05) is 18.2 Å². The Labute approximate surface area is 189 Å². The van der Waals surface area contributed by atoms with E-state index in [1.807, 2.05) is 24.8 Å². The lowest BCUT2D eigenvalue weighted by atomic mass is 10.2. The van der Waals surface area contributed by atoms with Gasteiger partial charge in [-0.05, 0) is 68.4 Å². The number of hydrogen-bond acceptors (Lipinski definition) is 5. The van der Waals surface area contributed by atoms with Crippen molar-refractivity contribution in [2.75, 3.05) is 35.1 Å². The van der Waals surface area contributed by atoms with E-state index in [0.717, 1.165) is 0 Å². The van der Waals surface area contributed by atoms with Crippen LogP contribution < -0.4 is 19.7 Å². The lowest BCUT2D eigenvalue weighted by molar-refractivity contribution is 0.102. The molecule has 0 spiro atoms. The van der Waals surface area contributed by atoms with Crippen LogP contribution in [0.3, 0.4) is 0 Å². The molecule has 0 atom stereocenters. The second-order valence-electron chi connectivity index (χ2n) is 7.01. The number of nitrogens with zero attached hydrogens (tertiary/aromatic N) is 1. The molecule has 2 N–H and O–H groups in total. The number of nitrogens with one attached hydrogen (secondary N) is 2. The van der Waals surface area contributed by atoms with Crippen LogP contribution in [0.25, 0.3) is 0 Å². The van der Waals surface area contributed by atoms with Crippen molar-refractivity contribution >= 4 is 33.0 Å². The molecule has 0 aliphatic rings. The van der Waals surface area contributed by atoms with Gasteiger partial charge in [-0.15, -0.1) is 0 Å². The first kappa shape index (κ1) is 23.1. The van der Waals surface area contributed by atoms with Gasteiger partial charge in [0.25, 0.3) is 15.9 Å². The Morgan fingerprint density at radius 2 is 1.53 bits per heavy atom. The molecule has 3 rings (SSSR count). The fourth-order valence-electron chi connectivity index (χ4n) is 3.29. The average molecular weight is 454 g/mol. The molecule has 0 unspecified atom stereocenters. The SMILES string of the molecule is CCN(CC)c1ccc(NC(=O)c2ccccc2)cc1S(=O)(=O)Nc1ccc(OC)cc1. The maximum Gasteiger partial charge on any atom is 0.264 e. The van der Waals surface area contributed by atoms with Crippen LogP contribution in [0.5, 0.6) is 5.75 Å². The molecule has 3 aromatic carbocycles. The number of ether oxygens (including phenoxy) is 1. The van der Waals surface area contributed by atoms with Crippen LogP contribution in [0, 0.1) is 0 Å². The summed E-state index contributed by atoms with van der Waals surface area (Å²) in [5.41, 5.74) is 1.86. The van der Waals surface area contributed by atoms with Gasteiger partial charge in [-0.2, -0.15) is 0 Å². The van der Waals surface area contributed by atoms with Gasteiger partial charge in [0.15, 0.2) is 0 Å². The minimum atomic E-state index is -3.94. The maximum absolute atomic E-state index is 13.3. The van der Waals surface area contributed by atoms with E-state index >= 15 is 0 Å². The summed E-state index contributed by atoms with van der Waals surface area (Å²) < 4.78 is 34.4. The van der Waals surface area contributed by atoms with Crippen LogP contribution in [0.2, 0.25) is 0 Å². The number of hydrogen-bond donors (Lipinski definition) is 2. The number of rotatable bonds is 9. The van der Waals surface area contributed by atoms with Crippen molar-refractivity contribution in [3.63, 3.8) is 0 Å². The molecule has 3 aromatic rings. The number of benzene rings is 3. The zero-order valence-electron chi connectivity index (χ0n) is 18.3. The fraction of sp³-hybridized carbons (Fsp3) is 0.208. The molecule has 0 aliphatic heterocycles. The van der Waals surface area contributed by atoms with Crippen molar-refractivity contribution in [2.45, 2.75) is 18.7 Å². The van der Waals surface area contributed by atoms with Crippen LogP contribution in [-0.2, 0) is 10.0 Å². The molecule has 168 valence electrons. The van der Waals surface area contributed by atoms with Crippen LogP contribution in [0.1, 0.15) is 24.2 Å². The zero-order valence-corrected chi connectivity index (χ0v) is 19.1. The highest BCUT2D eigenvalue weighted by molar-refractivity contribution is 7.92. The molecule has 32 heavy (non-hydrogen) atoms. The Morgan fingerprint density at radius 3 is 2.12 bits per heavy atom. The summed E-state index contributed by atoms with van der Waals surface area (Å²) in [5, 5.41) is 2.79. The quantitative estimate of drug-likeness (QED) is 0.495. The largest absolute Gasteiger partial charge is 0.497 e. The summed E-state index contributed by atoms with van der Waals surface area (Å²) in [7, 11) is -2.39. The summed E-state index contributed by atoms with van der Waals surface area (Å²) in [6, 6.07) is 20.3. The minimum Gasteiger partial charge on any atom is -0.497 e. The molecule has 8 heteroatoms. The molecule has 1 amide bonds. The van der Waals surface area contributed by atoms with Gasteiger partial charge >= 0.3 is 0 Å². The van der Waals surface area contributed by atoms with Gasteiger partial charge < -0.3 is 15.0 Å². The fourth-order valence-corrected chi connectivity index (χ4v) is 4.61. The summed E-state index contributed by atoms with van der Waals surface area (Å²) in [6.45, 7) is 5.19. The molecule has 0 fully saturated rings. The Hall–Kier alpha value is -3.52. The zero-order chi connectivity index (χ0) is 23.1. The maximum atomic E-state index is 13.3. The van der Waals surface area contributed by atoms with E-state index in [1.165, 1.54) is 6.07 Å². The van der Waals surface area contributed by atoms with Crippen LogP contribution in [0.4, 0.5) is 17.1 Å². The summed E-state index contributed by atoms with van der Waals surface area (Å²) in [5.74, 6) is 0.315. The van der Waals surface area contributed by atoms with Crippen molar-refractivity contribution in [3.8, 4) is 5.75 Å². The highest BCUT2D eigenvalue weighted by Gasteiger charge is 2.23. The highest BCUT2D eigenvalue weighted by Crippen LogP contribution is 2.30. The Morgan fingerprint density at radius 1 is 0.906 bits per heavy atom. The second kappa shape index (κ2) is 10.2. The third-order valence-corrected chi connectivity index (χ3v) is 6.40. The van der Waals surface area contributed by atoms with Gasteiger partial charge in [-0.3, -0.25) is 9.52 Å². The van der Waals surface area contributed by atoms with E-state index in [0.29, 0.717) is 41.5 Å². The lowest BCUT2D eigenvalue weighted by Gasteiger charge is -2.25. The lowest BCUT2D eigenvalue weighted by Crippen LogP contribution is -2.26. The van der Waals surface area contributed by atoms with Crippen molar-refractivity contribution < 1.29 is 17.9 Å². The highest BCUT2D eigenvalue weighted by atomic mass is 32.2. The molecular formula is C24H27N3O4S. The first-order chi connectivity index (χ1) is 15.4. The first-order valence-electron chi connectivity index (χ1n) is 10.3. The minimum absolute atomic E-state index is 0.0860.